The summed E-state index contributed by atoms with van der Waals surface area (Å²) < 4.78 is 5.45. The molecule has 0 bridgehead atoms. The molecule has 14 heavy (non-hydrogen) atoms. The van der Waals surface area contributed by atoms with E-state index in [1.807, 2.05) is 0 Å². The Bertz CT molecular complexity index is 301. The number of nitrogens with two attached hydrogens (primary N) is 1. The van der Waals surface area contributed by atoms with Crippen molar-refractivity contribution in [1.82, 2.24) is 20.8 Å². The first-order valence-electron chi connectivity index (χ1n) is 4.49. The first kappa shape index (κ1) is 9.17. The quantitative estimate of drug-likeness (QED) is 0.598. The molecule has 0 aliphatic carbocycles. The number of nitrogens with zero attached hydrogens (tertiary/aromatic N) is 2. The second-order valence-corrected chi connectivity index (χ2v) is 3.33. The van der Waals surface area contributed by atoms with Crippen molar-refractivity contribution in [2.45, 2.75) is 25.6 Å². The van der Waals surface area contributed by atoms with Crippen molar-refractivity contribution < 1.29 is 4.74 Å². The fraction of sp³-hybridized carbons (Fsp3) is 0.500. The van der Waals surface area contributed by atoms with E-state index in [0.717, 1.165) is 6.42 Å². The van der Waals surface area contributed by atoms with E-state index in [4.69, 9.17) is 10.5 Å². The number of hydrazine groups is 1. The minimum atomic E-state index is -0.0753. The van der Waals surface area contributed by atoms with E-state index in [2.05, 4.69) is 27.7 Å². The zero-order valence-corrected chi connectivity index (χ0v) is 7.90. The molecule has 0 spiro atoms. The van der Waals surface area contributed by atoms with E-state index < -0.39 is 0 Å². The topological polar surface area (TPSA) is 85.1 Å². The molecule has 0 aromatic carbocycles. The van der Waals surface area contributed by atoms with Gasteiger partial charge in [0.1, 0.15) is 0 Å². The average Bonchev–Trinajstić information content (AvgIpc) is 2.56. The van der Waals surface area contributed by atoms with Gasteiger partial charge in [-0.3, -0.25) is 5.43 Å². The van der Waals surface area contributed by atoms with Crippen molar-refractivity contribution in [2.75, 3.05) is 5.73 Å². The molecule has 4 N–H and O–H groups in total. The molecule has 0 saturated carbocycles. The third-order valence-corrected chi connectivity index (χ3v) is 1.95. The van der Waals surface area contributed by atoms with Gasteiger partial charge in [0.15, 0.2) is 6.23 Å². The van der Waals surface area contributed by atoms with E-state index in [1.54, 1.807) is 0 Å². The Morgan fingerprint density at radius 3 is 2.71 bits per heavy atom. The van der Waals surface area contributed by atoms with Crippen molar-refractivity contribution in [3.63, 3.8) is 0 Å². The number of nitrogens with one attached hydrogen (secondary N) is 2. The number of hydrogen-bond acceptors (Lipinski definition) is 6. The summed E-state index contributed by atoms with van der Waals surface area (Å²) in [6.45, 7) is 2.07. The maximum Gasteiger partial charge on any atom is 0.318 e. The van der Waals surface area contributed by atoms with Crippen molar-refractivity contribution in [1.29, 1.82) is 0 Å². The smallest absolute Gasteiger partial charge is 0.318 e. The van der Waals surface area contributed by atoms with Gasteiger partial charge < -0.3 is 10.5 Å². The molecule has 1 fully saturated rings. The highest BCUT2D eigenvalue weighted by atomic mass is 16.5. The summed E-state index contributed by atoms with van der Waals surface area (Å²) in [6.07, 6.45) is 3.85. The summed E-state index contributed by atoms with van der Waals surface area (Å²) in [7, 11) is 0. The third kappa shape index (κ3) is 2.09. The van der Waals surface area contributed by atoms with Gasteiger partial charge in [0.25, 0.3) is 0 Å². The molecule has 1 aromatic rings. The molecule has 6 nitrogen and oxygen atoms in total. The monoisotopic (exact) mass is 195 g/mol. The molecular weight excluding hydrogens is 182 g/mol. The van der Waals surface area contributed by atoms with E-state index >= 15 is 0 Å². The highest BCUT2D eigenvalue weighted by Crippen LogP contribution is 2.10. The second-order valence-electron chi connectivity index (χ2n) is 3.33. The van der Waals surface area contributed by atoms with Crippen LogP contribution in [0.15, 0.2) is 12.4 Å². The highest BCUT2D eigenvalue weighted by molar-refractivity contribution is 5.30. The zero-order chi connectivity index (χ0) is 9.97. The van der Waals surface area contributed by atoms with Gasteiger partial charge >= 0.3 is 6.01 Å². The van der Waals surface area contributed by atoms with Crippen molar-refractivity contribution in [2.24, 2.45) is 0 Å². The number of anilines is 1. The van der Waals surface area contributed by atoms with Crippen molar-refractivity contribution in [3.05, 3.63) is 12.4 Å². The Morgan fingerprint density at radius 1 is 1.43 bits per heavy atom. The van der Waals surface area contributed by atoms with Crippen LogP contribution in [0.2, 0.25) is 0 Å². The number of hydrogen-bond donors (Lipinski definition) is 3. The molecule has 0 amide bonds. The van der Waals surface area contributed by atoms with E-state index in [1.165, 1.54) is 12.4 Å². The molecule has 1 aliphatic heterocycles. The van der Waals surface area contributed by atoms with Gasteiger partial charge in [-0.05, 0) is 6.92 Å². The fourth-order valence-corrected chi connectivity index (χ4v) is 1.27. The van der Waals surface area contributed by atoms with Crippen LogP contribution in [0, 0.1) is 0 Å². The first-order valence-corrected chi connectivity index (χ1v) is 4.49. The van der Waals surface area contributed by atoms with E-state index in [9.17, 15) is 0 Å². The van der Waals surface area contributed by atoms with Crippen molar-refractivity contribution >= 4 is 5.69 Å². The fourth-order valence-electron chi connectivity index (χ4n) is 1.27. The maximum atomic E-state index is 5.45. The van der Waals surface area contributed by atoms with Gasteiger partial charge in [0.2, 0.25) is 0 Å². The van der Waals surface area contributed by atoms with Crippen LogP contribution in [0.5, 0.6) is 6.01 Å². The van der Waals surface area contributed by atoms with Gasteiger partial charge in [-0.1, -0.05) is 0 Å². The number of ether oxygens (including phenoxy) is 1. The zero-order valence-electron chi connectivity index (χ0n) is 7.90. The molecule has 1 aromatic heterocycles. The number of aromatic nitrogens is 2. The summed E-state index contributed by atoms with van der Waals surface area (Å²) in [5, 5.41) is 0. The minimum absolute atomic E-state index is 0.0753. The molecule has 2 rings (SSSR count). The molecule has 6 heteroatoms. The summed E-state index contributed by atoms with van der Waals surface area (Å²) in [6, 6.07) is 0.737. The van der Waals surface area contributed by atoms with Crippen LogP contribution in [0.25, 0.3) is 0 Å². The van der Waals surface area contributed by atoms with Gasteiger partial charge in [0.05, 0.1) is 18.1 Å². The minimum Gasteiger partial charge on any atom is -0.443 e. The maximum absolute atomic E-state index is 5.45. The average molecular weight is 195 g/mol. The summed E-state index contributed by atoms with van der Waals surface area (Å²) in [4.78, 5) is 7.88. The molecule has 2 heterocycles. The Hall–Kier alpha value is -1.40. The normalized spacial score (nSPS) is 26.4. The van der Waals surface area contributed by atoms with Crippen LogP contribution in [0.4, 0.5) is 5.69 Å². The molecular formula is C8H13N5O. The summed E-state index contributed by atoms with van der Waals surface area (Å²) in [5.74, 6) is 0. The first-order chi connectivity index (χ1) is 6.74. The van der Waals surface area contributed by atoms with Crippen LogP contribution in [-0.4, -0.2) is 22.2 Å². The van der Waals surface area contributed by atoms with E-state index in [0.29, 0.717) is 17.7 Å². The lowest BCUT2D eigenvalue weighted by Gasteiger charge is -2.10. The van der Waals surface area contributed by atoms with Gasteiger partial charge in [-0.15, -0.1) is 0 Å². The lowest BCUT2D eigenvalue weighted by molar-refractivity contribution is 0.164. The second kappa shape index (κ2) is 3.77. The Morgan fingerprint density at radius 2 is 2.14 bits per heavy atom. The van der Waals surface area contributed by atoms with Crippen LogP contribution in [0.1, 0.15) is 13.3 Å². The number of nitrogen functional groups attached to an aromatic ring is 1. The van der Waals surface area contributed by atoms with Crippen LogP contribution in [0.3, 0.4) is 0 Å². The number of rotatable bonds is 2. The van der Waals surface area contributed by atoms with Crippen molar-refractivity contribution in [3.8, 4) is 6.01 Å². The Balaban J connectivity index is 1.94. The highest BCUT2D eigenvalue weighted by Gasteiger charge is 2.21. The Labute approximate surface area is 81.8 Å². The van der Waals surface area contributed by atoms with Gasteiger partial charge in [0, 0.05) is 12.5 Å². The predicted molar refractivity (Wildman–Crippen MR) is 51.2 cm³/mol. The summed E-state index contributed by atoms with van der Waals surface area (Å²) in [5.41, 5.74) is 12.0. The SMILES string of the molecule is CC1CC(Oc2ncc(N)cn2)NN1. The molecule has 2 atom stereocenters. The predicted octanol–water partition coefficient (Wildman–Crippen LogP) is -0.350. The molecule has 1 aliphatic rings. The third-order valence-electron chi connectivity index (χ3n) is 1.95. The Kier molecular flexibility index (Phi) is 2.47. The lowest BCUT2D eigenvalue weighted by Crippen LogP contribution is -2.35. The van der Waals surface area contributed by atoms with Crippen LogP contribution >= 0.6 is 0 Å². The lowest BCUT2D eigenvalue weighted by atomic mass is 10.2. The molecule has 1 saturated heterocycles. The molecule has 0 radical (unpaired) electrons. The van der Waals surface area contributed by atoms with Crippen LogP contribution in [-0.2, 0) is 0 Å². The largest absolute Gasteiger partial charge is 0.443 e. The van der Waals surface area contributed by atoms with Crippen LogP contribution < -0.4 is 21.3 Å². The van der Waals surface area contributed by atoms with E-state index in [-0.39, 0.29) is 6.23 Å². The molecule has 2 unspecified atom stereocenters. The summed E-state index contributed by atoms with van der Waals surface area (Å²) >= 11 is 0. The van der Waals surface area contributed by atoms with Gasteiger partial charge in [-0.25, -0.2) is 15.4 Å². The van der Waals surface area contributed by atoms with Gasteiger partial charge in [-0.2, -0.15) is 0 Å². The molecule has 76 valence electrons. The standard InChI is InChI=1S/C8H13N5O/c1-5-2-7(13-12-5)14-8-10-3-6(9)4-11-8/h3-5,7,12-13H,2,9H2,1H3.